The van der Waals surface area contributed by atoms with Crippen molar-refractivity contribution in [1.82, 2.24) is 5.32 Å². The summed E-state index contributed by atoms with van der Waals surface area (Å²) in [6, 6.07) is -0.274. The fourth-order valence-corrected chi connectivity index (χ4v) is 6.58. The topological polar surface area (TPSA) is 83.3 Å². The molecule has 0 aromatic rings. The summed E-state index contributed by atoms with van der Waals surface area (Å²) in [5.41, 5.74) is -1.82. The Labute approximate surface area is 175 Å². The predicted octanol–water partition coefficient (Wildman–Crippen LogP) is 3.16. The maximum absolute atomic E-state index is 11.4. The fraction of sp³-hybridized carbons (Fsp3) is 0.870. The van der Waals surface area contributed by atoms with Crippen molar-refractivity contribution >= 4 is 19.8 Å². The van der Waals surface area contributed by atoms with E-state index in [2.05, 4.69) is 56.4 Å². The summed E-state index contributed by atoms with van der Waals surface area (Å²) >= 11 is 0. The lowest BCUT2D eigenvalue weighted by atomic mass is 9.51. The first-order valence-electron chi connectivity index (χ1n) is 11.0. The SMILES string of the molecule is C=NC1C2C(CCC1(C)O)C(C)(NC=O)CCC2C1(C)CCC(C(C)(C)N=C)O1. The highest BCUT2D eigenvalue weighted by Gasteiger charge is 2.61. The Hall–Kier alpha value is -1.27. The molecule has 0 radical (unpaired) electrons. The number of rotatable bonds is 6. The third-order valence-electron chi connectivity index (χ3n) is 8.57. The Bertz CT molecular complexity index is 664. The van der Waals surface area contributed by atoms with Gasteiger partial charge in [0.15, 0.2) is 0 Å². The standard InChI is InChI=1S/C23H39N3O3/c1-20(2,25-7)17-10-13-23(5,29-17)16-8-11-21(3,26-14-27)15-9-12-22(4,28)19(24-6)18(15)16/h14-19,28H,6-13H2,1-5H3,(H,26,27). The number of nitrogens with one attached hydrogen (secondary N) is 1. The van der Waals surface area contributed by atoms with E-state index in [0.717, 1.165) is 38.5 Å². The van der Waals surface area contributed by atoms with E-state index < -0.39 is 5.60 Å². The van der Waals surface area contributed by atoms with Gasteiger partial charge in [-0.2, -0.15) is 0 Å². The van der Waals surface area contributed by atoms with Crippen LogP contribution in [-0.2, 0) is 9.53 Å². The van der Waals surface area contributed by atoms with Gasteiger partial charge in [0, 0.05) is 5.54 Å². The maximum atomic E-state index is 11.4. The Morgan fingerprint density at radius 1 is 1.10 bits per heavy atom. The minimum atomic E-state index is -0.892. The zero-order chi connectivity index (χ0) is 21.7. The minimum absolute atomic E-state index is 0.0316. The molecule has 3 rings (SSSR count). The third kappa shape index (κ3) is 3.67. The van der Waals surface area contributed by atoms with Crippen LogP contribution in [0.15, 0.2) is 9.98 Å². The second-order valence-electron chi connectivity index (χ2n) is 10.8. The lowest BCUT2D eigenvalue weighted by Crippen LogP contribution is -2.65. The first kappa shape index (κ1) is 22.4. The number of hydrogen-bond donors (Lipinski definition) is 2. The Morgan fingerprint density at radius 2 is 1.76 bits per heavy atom. The van der Waals surface area contributed by atoms with Crippen molar-refractivity contribution in [2.75, 3.05) is 0 Å². The lowest BCUT2D eigenvalue weighted by molar-refractivity contribution is -0.161. The maximum Gasteiger partial charge on any atom is 0.207 e. The molecule has 1 saturated heterocycles. The van der Waals surface area contributed by atoms with Crippen molar-refractivity contribution in [3.05, 3.63) is 0 Å². The van der Waals surface area contributed by atoms with E-state index in [9.17, 15) is 9.90 Å². The molecule has 8 unspecified atom stereocenters. The number of ether oxygens (including phenoxy) is 1. The van der Waals surface area contributed by atoms with E-state index in [-0.39, 0.29) is 46.6 Å². The van der Waals surface area contributed by atoms with Crippen LogP contribution >= 0.6 is 0 Å². The molecule has 3 fully saturated rings. The number of carbonyl (C=O) groups excluding carboxylic acids is 1. The zero-order valence-corrected chi connectivity index (χ0v) is 18.8. The molecule has 3 aliphatic rings. The van der Waals surface area contributed by atoms with Crippen LogP contribution in [0.5, 0.6) is 0 Å². The number of amides is 1. The molecule has 0 aromatic carbocycles. The van der Waals surface area contributed by atoms with E-state index in [4.69, 9.17) is 4.74 Å². The molecule has 1 amide bonds. The van der Waals surface area contributed by atoms with Crippen LogP contribution in [0, 0.1) is 17.8 Å². The van der Waals surface area contributed by atoms with Crippen LogP contribution in [0.3, 0.4) is 0 Å². The Kier molecular flexibility index (Phi) is 5.76. The molecule has 0 bridgehead atoms. The van der Waals surface area contributed by atoms with Gasteiger partial charge in [-0.15, -0.1) is 0 Å². The summed E-state index contributed by atoms with van der Waals surface area (Å²) in [6.07, 6.45) is 6.09. The Morgan fingerprint density at radius 3 is 2.34 bits per heavy atom. The highest BCUT2D eigenvalue weighted by atomic mass is 16.5. The van der Waals surface area contributed by atoms with Crippen molar-refractivity contribution in [2.45, 2.75) is 108 Å². The largest absolute Gasteiger partial charge is 0.388 e. The summed E-state index contributed by atoms with van der Waals surface area (Å²) in [5.74, 6) is 0.570. The molecule has 0 aromatic heterocycles. The van der Waals surface area contributed by atoms with Gasteiger partial charge in [0.1, 0.15) is 0 Å². The normalized spacial score (nSPS) is 47.9. The molecule has 6 heteroatoms. The highest BCUT2D eigenvalue weighted by Crippen LogP contribution is 2.57. The van der Waals surface area contributed by atoms with Gasteiger partial charge in [-0.1, -0.05) is 0 Å². The van der Waals surface area contributed by atoms with Crippen LogP contribution in [0.25, 0.3) is 0 Å². The van der Waals surface area contributed by atoms with Crippen LogP contribution < -0.4 is 5.32 Å². The molecule has 29 heavy (non-hydrogen) atoms. The van der Waals surface area contributed by atoms with Gasteiger partial charge in [-0.25, -0.2) is 0 Å². The highest BCUT2D eigenvalue weighted by molar-refractivity contribution is 5.48. The van der Waals surface area contributed by atoms with Gasteiger partial charge in [-0.3, -0.25) is 14.8 Å². The molecule has 0 spiro atoms. The first-order chi connectivity index (χ1) is 13.4. The molecule has 1 aliphatic heterocycles. The summed E-state index contributed by atoms with van der Waals surface area (Å²) in [6.45, 7) is 18.0. The van der Waals surface area contributed by atoms with Gasteiger partial charge in [0.05, 0.1) is 28.9 Å². The average Bonchev–Trinajstić information content (AvgIpc) is 3.05. The number of carbonyl (C=O) groups is 1. The van der Waals surface area contributed by atoms with Crippen molar-refractivity contribution in [2.24, 2.45) is 27.7 Å². The van der Waals surface area contributed by atoms with Gasteiger partial charge < -0.3 is 15.2 Å². The monoisotopic (exact) mass is 405 g/mol. The number of nitrogens with zero attached hydrogens (tertiary/aromatic N) is 2. The van der Waals surface area contributed by atoms with Gasteiger partial charge in [0.2, 0.25) is 6.41 Å². The first-order valence-corrected chi connectivity index (χ1v) is 11.0. The van der Waals surface area contributed by atoms with Gasteiger partial charge in [0.25, 0.3) is 0 Å². The van der Waals surface area contributed by atoms with Crippen LogP contribution in [0.4, 0.5) is 0 Å². The minimum Gasteiger partial charge on any atom is -0.388 e. The quantitative estimate of drug-likeness (QED) is 0.526. The lowest BCUT2D eigenvalue weighted by Gasteiger charge is -2.59. The third-order valence-corrected chi connectivity index (χ3v) is 8.57. The van der Waals surface area contributed by atoms with Crippen molar-refractivity contribution < 1.29 is 14.6 Å². The summed E-state index contributed by atoms with van der Waals surface area (Å²) in [5, 5.41) is 14.3. The van der Waals surface area contributed by atoms with E-state index in [1.54, 1.807) is 0 Å². The molecular formula is C23H39N3O3. The summed E-state index contributed by atoms with van der Waals surface area (Å²) in [7, 11) is 0. The summed E-state index contributed by atoms with van der Waals surface area (Å²) in [4.78, 5) is 20.1. The molecule has 1 heterocycles. The molecule has 6 nitrogen and oxygen atoms in total. The molecule has 2 N–H and O–H groups in total. The van der Waals surface area contributed by atoms with Crippen molar-refractivity contribution in [1.29, 1.82) is 0 Å². The van der Waals surface area contributed by atoms with Crippen LogP contribution in [0.1, 0.15) is 73.1 Å². The number of aliphatic hydroxyl groups is 1. The molecule has 8 atom stereocenters. The van der Waals surface area contributed by atoms with Gasteiger partial charge in [-0.05, 0) is 104 Å². The summed E-state index contributed by atoms with van der Waals surface area (Å²) < 4.78 is 6.71. The average molecular weight is 406 g/mol. The smallest absolute Gasteiger partial charge is 0.207 e. The molecule has 164 valence electrons. The number of aliphatic imine (C=N–C) groups is 2. The van der Waals surface area contributed by atoms with E-state index in [0.29, 0.717) is 6.42 Å². The molecule has 2 saturated carbocycles. The molecular weight excluding hydrogens is 366 g/mol. The second-order valence-corrected chi connectivity index (χ2v) is 10.8. The zero-order valence-electron chi connectivity index (χ0n) is 18.8. The van der Waals surface area contributed by atoms with Crippen molar-refractivity contribution in [3.8, 4) is 0 Å². The fourth-order valence-electron chi connectivity index (χ4n) is 6.58. The number of fused-ring (bicyclic) bond motifs is 1. The Balaban J connectivity index is 1.97. The van der Waals surface area contributed by atoms with E-state index in [1.165, 1.54) is 0 Å². The van der Waals surface area contributed by atoms with Gasteiger partial charge >= 0.3 is 0 Å². The van der Waals surface area contributed by atoms with E-state index >= 15 is 0 Å². The predicted molar refractivity (Wildman–Crippen MR) is 117 cm³/mol. The van der Waals surface area contributed by atoms with Crippen LogP contribution in [0.2, 0.25) is 0 Å². The number of hydrogen-bond acceptors (Lipinski definition) is 5. The van der Waals surface area contributed by atoms with Crippen molar-refractivity contribution in [3.63, 3.8) is 0 Å². The van der Waals surface area contributed by atoms with E-state index in [1.807, 2.05) is 6.92 Å². The molecule has 2 aliphatic carbocycles. The second kappa shape index (κ2) is 7.45. The van der Waals surface area contributed by atoms with Crippen LogP contribution in [-0.4, -0.2) is 59.4 Å².